The number of amides is 1. The van der Waals surface area contributed by atoms with Crippen LogP contribution in [0.15, 0.2) is 29.4 Å². The molecule has 0 radical (unpaired) electrons. The molecular formula is C17H15F3IN3O4. The lowest BCUT2D eigenvalue weighted by atomic mass is 10.1. The maximum atomic E-state index is 14.7. The molecule has 0 heterocycles. The molecule has 2 aromatic carbocycles. The lowest BCUT2D eigenvalue weighted by molar-refractivity contribution is 0.0538. The van der Waals surface area contributed by atoms with Crippen molar-refractivity contribution >= 4 is 46.1 Å². The van der Waals surface area contributed by atoms with E-state index in [4.69, 9.17) is 5.11 Å². The van der Waals surface area contributed by atoms with Gasteiger partial charge in [-0.1, -0.05) is 5.16 Å². The molecule has 0 aliphatic carbocycles. The number of nitrogens with zero attached hydrogens (tertiary/aromatic N) is 1. The molecule has 7 nitrogen and oxygen atoms in total. The van der Waals surface area contributed by atoms with Crippen LogP contribution in [-0.2, 0) is 9.68 Å². The van der Waals surface area contributed by atoms with E-state index in [1.165, 1.54) is 12.1 Å². The second-order valence-electron chi connectivity index (χ2n) is 5.19. The van der Waals surface area contributed by atoms with Crippen LogP contribution in [0.4, 0.5) is 24.5 Å². The molecule has 0 unspecified atom stereocenters. The van der Waals surface area contributed by atoms with E-state index < -0.39 is 34.6 Å². The predicted molar refractivity (Wildman–Crippen MR) is 104 cm³/mol. The smallest absolute Gasteiger partial charge is 0.277 e. The number of nitrogens with one attached hydrogen (secondary N) is 2. The van der Waals surface area contributed by atoms with Crippen molar-refractivity contribution in [3.63, 3.8) is 0 Å². The molecule has 0 aliphatic rings. The van der Waals surface area contributed by atoms with E-state index in [1.807, 2.05) is 28.1 Å². The number of anilines is 2. The Hall–Kier alpha value is -2.38. The van der Waals surface area contributed by atoms with E-state index in [0.29, 0.717) is 3.57 Å². The number of hydrogen-bond donors (Lipinski definition) is 3. The second kappa shape index (κ2) is 10.2. The minimum atomic E-state index is -1.43. The van der Waals surface area contributed by atoms with Gasteiger partial charge < -0.3 is 15.3 Å². The molecule has 28 heavy (non-hydrogen) atoms. The molecule has 0 fully saturated rings. The Morgan fingerprint density at radius 1 is 1.29 bits per heavy atom. The van der Waals surface area contributed by atoms with Gasteiger partial charge in [-0.25, -0.2) is 18.7 Å². The summed E-state index contributed by atoms with van der Waals surface area (Å²) in [6, 6.07) is 5.05. The van der Waals surface area contributed by atoms with Crippen LogP contribution in [0.25, 0.3) is 0 Å². The molecule has 2 aromatic rings. The van der Waals surface area contributed by atoms with Gasteiger partial charge in [-0.3, -0.25) is 9.63 Å². The molecule has 150 valence electrons. The fraction of sp³-hybridized carbons (Fsp3) is 0.176. The summed E-state index contributed by atoms with van der Waals surface area (Å²) in [6.45, 7) is -0.469. The summed E-state index contributed by atoms with van der Waals surface area (Å²) < 4.78 is 43.8. The Bertz CT molecular complexity index is 896. The molecule has 0 saturated heterocycles. The summed E-state index contributed by atoms with van der Waals surface area (Å²) in [7, 11) is 1.16. The van der Waals surface area contributed by atoms with Gasteiger partial charge in [-0.05, 0) is 46.9 Å². The van der Waals surface area contributed by atoms with E-state index in [2.05, 4.69) is 20.1 Å². The average molecular weight is 509 g/mol. The zero-order valence-corrected chi connectivity index (χ0v) is 16.6. The van der Waals surface area contributed by atoms with Crippen LogP contribution in [0.3, 0.4) is 0 Å². The summed E-state index contributed by atoms with van der Waals surface area (Å²) in [5.74, 6) is -4.38. The third kappa shape index (κ3) is 5.33. The number of hydrogen-bond acceptors (Lipinski definition) is 6. The highest BCUT2D eigenvalue weighted by Crippen LogP contribution is 2.30. The average Bonchev–Trinajstić information content (AvgIpc) is 2.66. The minimum absolute atomic E-state index is 0.149. The molecule has 11 heteroatoms. The molecule has 0 aromatic heterocycles. The van der Waals surface area contributed by atoms with Crippen LogP contribution in [0.1, 0.15) is 15.9 Å². The molecular weight excluding hydrogens is 494 g/mol. The Kier molecular flexibility index (Phi) is 8.02. The van der Waals surface area contributed by atoms with Crippen molar-refractivity contribution in [1.82, 2.24) is 5.48 Å². The van der Waals surface area contributed by atoms with Gasteiger partial charge in [-0.15, -0.1) is 0 Å². The SMILES string of the molecule is CONC(=O)c1cc(/C=N/OCCO)c(F)c(F)c1Nc1ccc(I)cc1F. The van der Waals surface area contributed by atoms with Gasteiger partial charge in [0.05, 0.1) is 36.9 Å². The maximum Gasteiger partial charge on any atom is 0.277 e. The zero-order chi connectivity index (χ0) is 20.7. The molecule has 0 aliphatic heterocycles. The fourth-order valence-corrected chi connectivity index (χ4v) is 2.55. The van der Waals surface area contributed by atoms with E-state index in [-0.39, 0.29) is 24.5 Å². The first-order valence-electron chi connectivity index (χ1n) is 7.72. The van der Waals surface area contributed by atoms with Gasteiger partial charge in [0.15, 0.2) is 11.6 Å². The van der Waals surface area contributed by atoms with Gasteiger partial charge in [-0.2, -0.15) is 0 Å². The molecule has 2 rings (SSSR count). The zero-order valence-electron chi connectivity index (χ0n) is 14.4. The highest BCUT2D eigenvalue weighted by molar-refractivity contribution is 14.1. The van der Waals surface area contributed by atoms with Crippen LogP contribution in [-0.4, -0.2) is 37.6 Å². The standard InChI is InChI=1S/C17H15F3IN3O4/c1-27-24-17(26)11-6-9(8-22-28-5-4-25)14(19)15(20)16(11)23-13-3-2-10(21)7-12(13)18/h2-3,6-8,23,25H,4-5H2,1H3,(H,24,26)/b22-8+. The fourth-order valence-electron chi connectivity index (χ4n) is 2.10. The second-order valence-corrected chi connectivity index (χ2v) is 6.44. The Morgan fingerprint density at radius 3 is 2.68 bits per heavy atom. The first-order chi connectivity index (χ1) is 13.4. The van der Waals surface area contributed by atoms with Crippen molar-refractivity contribution in [2.75, 3.05) is 25.6 Å². The van der Waals surface area contributed by atoms with Gasteiger partial charge in [0.1, 0.15) is 12.4 Å². The summed E-state index contributed by atoms with van der Waals surface area (Å²) in [5.41, 5.74) is 0.496. The third-order valence-corrected chi connectivity index (χ3v) is 3.98. The lowest BCUT2D eigenvalue weighted by Gasteiger charge is -2.15. The molecule has 1 amide bonds. The monoisotopic (exact) mass is 509 g/mol. The molecule has 0 saturated carbocycles. The number of hydroxylamine groups is 1. The molecule has 0 bridgehead atoms. The minimum Gasteiger partial charge on any atom is -0.393 e. The molecule has 0 atom stereocenters. The van der Waals surface area contributed by atoms with Crippen molar-refractivity contribution in [1.29, 1.82) is 0 Å². The van der Waals surface area contributed by atoms with E-state index in [1.54, 1.807) is 6.07 Å². The number of carbonyl (C=O) groups is 1. The van der Waals surface area contributed by atoms with Crippen LogP contribution in [0, 0.1) is 21.0 Å². The van der Waals surface area contributed by atoms with Crippen molar-refractivity contribution in [2.24, 2.45) is 5.16 Å². The molecule has 3 N–H and O–H groups in total. The number of halogens is 4. The van der Waals surface area contributed by atoms with Crippen molar-refractivity contribution < 1.29 is 32.7 Å². The van der Waals surface area contributed by atoms with Crippen LogP contribution in [0.2, 0.25) is 0 Å². The first-order valence-corrected chi connectivity index (χ1v) is 8.80. The maximum absolute atomic E-state index is 14.7. The topological polar surface area (TPSA) is 92.2 Å². The lowest BCUT2D eigenvalue weighted by Crippen LogP contribution is -2.24. The van der Waals surface area contributed by atoms with E-state index in [9.17, 15) is 18.0 Å². The van der Waals surface area contributed by atoms with Crippen LogP contribution < -0.4 is 10.8 Å². The highest BCUT2D eigenvalue weighted by Gasteiger charge is 2.23. The Balaban J connectivity index is 2.51. The first kappa shape index (κ1) is 21.9. The van der Waals surface area contributed by atoms with E-state index >= 15 is 0 Å². The van der Waals surface area contributed by atoms with Crippen molar-refractivity contribution in [3.8, 4) is 0 Å². The normalized spacial score (nSPS) is 10.9. The van der Waals surface area contributed by atoms with Gasteiger partial charge in [0, 0.05) is 9.13 Å². The Morgan fingerprint density at radius 2 is 2.04 bits per heavy atom. The van der Waals surface area contributed by atoms with Gasteiger partial charge in [0.25, 0.3) is 5.91 Å². The van der Waals surface area contributed by atoms with Crippen molar-refractivity contribution in [2.45, 2.75) is 0 Å². The number of rotatable bonds is 8. The summed E-state index contributed by atoms with van der Waals surface area (Å²) in [6.07, 6.45) is 0.840. The number of aliphatic hydroxyl groups excluding tert-OH is 1. The van der Waals surface area contributed by atoms with Crippen molar-refractivity contribution in [3.05, 3.63) is 56.4 Å². The van der Waals surface area contributed by atoms with Crippen LogP contribution >= 0.6 is 22.6 Å². The number of carbonyl (C=O) groups excluding carboxylic acids is 1. The molecule has 0 spiro atoms. The summed E-state index contributed by atoms with van der Waals surface area (Å²) in [4.78, 5) is 21.4. The van der Waals surface area contributed by atoms with Gasteiger partial charge in [0.2, 0.25) is 0 Å². The Labute approximate surface area is 171 Å². The number of benzene rings is 2. The number of aliphatic hydroxyl groups is 1. The quantitative estimate of drug-likeness (QED) is 0.220. The highest BCUT2D eigenvalue weighted by atomic mass is 127. The third-order valence-electron chi connectivity index (χ3n) is 3.31. The van der Waals surface area contributed by atoms with Gasteiger partial charge >= 0.3 is 0 Å². The largest absolute Gasteiger partial charge is 0.393 e. The van der Waals surface area contributed by atoms with E-state index in [0.717, 1.165) is 19.4 Å². The summed E-state index contributed by atoms with van der Waals surface area (Å²) >= 11 is 1.89. The number of oxime groups is 1. The van der Waals surface area contributed by atoms with Crippen LogP contribution in [0.5, 0.6) is 0 Å². The predicted octanol–water partition coefficient (Wildman–Crippen LogP) is 3.09. The summed E-state index contributed by atoms with van der Waals surface area (Å²) in [5, 5.41) is 14.4.